The first-order valence-electron chi connectivity index (χ1n) is 26.0. The third-order valence-corrected chi connectivity index (χ3v) is 12.1. The Morgan fingerprint density at radius 1 is 0.487 bits per heavy atom. The Bertz CT molecular complexity index is 2330. The zero-order valence-electron chi connectivity index (χ0n) is 45.2. The molecule has 16 N–H and O–H groups in total. The minimum atomic E-state index is -1.58. The number of nitrogens with one attached hydrogen (secondary N) is 8. The summed E-state index contributed by atoms with van der Waals surface area (Å²) in [7, 11) is 0. The second-order valence-corrected chi connectivity index (χ2v) is 20.3. The SMILES string of the molecule is CC(C)C[C@H](NC(=O)[C@H](CC(C)C)NC(=O)[C@@H](N)Cc1ccccc1)C(=O)N[C@@H](CCC(=O)O)C(=O)N[C@@H](CCCCN)C(=O)NCC(=O)N[C@@H](Cc1ccc(O)cc1)C(=O)N[C@@H](CCC(=O)O)C(=O)N[C@H](C(=O)O)C(C)C. The molecule has 0 aliphatic rings. The molecule has 25 nitrogen and oxygen atoms in total. The number of unbranched alkanes of at least 4 members (excludes halogenated alkanes) is 1. The number of carbonyl (C=O) groups excluding carboxylic acids is 8. The van der Waals surface area contributed by atoms with Gasteiger partial charge in [-0.3, -0.25) is 47.9 Å². The molecule has 25 heteroatoms. The van der Waals surface area contributed by atoms with Gasteiger partial charge >= 0.3 is 17.9 Å². The molecule has 0 aliphatic heterocycles. The van der Waals surface area contributed by atoms with Gasteiger partial charge in [0.25, 0.3) is 0 Å². The number of hydrogen-bond donors (Lipinski definition) is 14. The number of carboxylic acids is 3. The number of aromatic hydroxyl groups is 1. The predicted molar refractivity (Wildman–Crippen MR) is 284 cm³/mol. The van der Waals surface area contributed by atoms with E-state index in [1.54, 1.807) is 26.0 Å². The van der Waals surface area contributed by atoms with Gasteiger partial charge in [-0.15, -0.1) is 0 Å². The van der Waals surface area contributed by atoms with Crippen molar-refractivity contribution in [3.8, 4) is 5.75 Å². The molecule has 0 aliphatic carbocycles. The lowest BCUT2D eigenvalue weighted by Crippen LogP contribution is -2.59. The molecule has 0 unspecified atom stereocenters. The highest BCUT2D eigenvalue weighted by Crippen LogP contribution is 2.15. The molecule has 0 spiro atoms. The van der Waals surface area contributed by atoms with Crippen molar-refractivity contribution in [1.82, 2.24) is 42.5 Å². The lowest BCUT2D eigenvalue weighted by atomic mass is 9.99. The zero-order chi connectivity index (χ0) is 58.6. The molecule has 2 rings (SSSR count). The largest absolute Gasteiger partial charge is 0.508 e. The minimum Gasteiger partial charge on any atom is -0.508 e. The maximum atomic E-state index is 14.1. The van der Waals surface area contributed by atoms with Crippen molar-refractivity contribution in [1.29, 1.82) is 0 Å². The maximum Gasteiger partial charge on any atom is 0.326 e. The van der Waals surface area contributed by atoms with Crippen LogP contribution >= 0.6 is 0 Å². The van der Waals surface area contributed by atoms with E-state index in [-0.39, 0.29) is 62.7 Å². The summed E-state index contributed by atoms with van der Waals surface area (Å²) < 4.78 is 0. The maximum absolute atomic E-state index is 14.1. The highest BCUT2D eigenvalue weighted by molar-refractivity contribution is 5.97. The van der Waals surface area contributed by atoms with Crippen LogP contribution in [0.2, 0.25) is 0 Å². The molecule has 0 bridgehead atoms. The van der Waals surface area contributed by atoms with Crippen LogP contribution < -0.4 is 54.0 Å². The summed E-state index contributed by atoms with van der Waals surface area (Å²) in [6.07, 6.45) is -1.37. The van der Waals surface area contributed by atoms with E-state index >= 15 is 0 Å². The number of nitrogens with two attached hydrogens (primary N) is 2. The minimum absolute atomic E-state index is 0.0504. The van der Waals surface area contributed by atoms with Crippen LogP contribution in [-0.2, 0) is 65.6 Å². The van der Waals surface area contributed by atoms with Crippen LogP contribution in [0.5, 0.6) is 5.75 Å². The van der Waals surface area contributed by atoms with Crippen LogP contribution in [0.15, 0.2) is 54.6 Å². The van der Waals surface area contributed by atoms with Crippen molar-refractivity contribution in [2.24, 2.45) is 29.2 Å². The molecular weight excluding hydrogens is 1020 g/mol. The second kappa shape index (κ2) is 34.2. The highest BCUT2D eigenvalue weighted by atomic mass is 16.4. The number of carbonyl (C=O) groups is 11. The zero-order valence-corrected chi connectivity index (χ0v) is 45.2. The van der Waals surface area contributed by atoms with Crippen molar-refractivity contribution in [3.05, 3.63) is 65.7 Å². The normalized spacial score (nSPS) is 14.2. The van der Waals surface area contributed by atoms with Crippen molar-refractivity contribution < 1.29 is 73.2 Å². The topological polar surface area (TPSA) is 417 Å². The first-order chi connectivity index (χ1) is 36.7. The van der Waals surface area contributed by atoms with E-state index in [4.69, 9.17) is 11.5 Å². The molecule has 8 atom stereocenters. The van der Waals surface area contributed by atoms with Crippen molar-refractivity contribution in [2.45, 2.75) is 161 Å². The average Bonchev–Trinajstić information content (AvgIpc) is 3.36. The summed E-state index contributed by atoms with van der Waals surface area (Å²) >= 11 is 0. The molecule has 78 heavy (non-hydrogen) atoms. The van der Waals surface area contributed by atoms with Gasteiger partial charge in [-0.25, -0.2) is 4.79 Å². The first kappa shape index (κ1) is 66.4. The number of carboxylic acid groups (broad SMARTS) is 3. The summed E-state index contributed by atoms with van der Waals surface area (Å²) in [5.74, 6) is -12.0. The number of hydrogen-bond acceptors (Lipinski definition) is 14. The van der Waals surface area contributed by atoms with Gasteiger partial charge in [0.2, 0.25) is 47.3 Å². The van der Waals surface area contributed by atoms with Crippen LogP contribution in [-0.4, -0.2) is 147 Å². The number of aliphatic carboxylic acids is 3. The molecule has 2 aromatic carbocycles. The second-order valence-electron chi connectivity index (χ2n) is 20.3. The lowest BCUT2D eigenvalue weighted by Gasteiger charge is -2.28. The predicted octanol–water partition coefficient (Wildman–Crippen LogP) is -0.294. The van der Waals surface area contributed by atoms with Gasteiger partial charge in [0.15, 0.2) is 0 Å². The van der Waals surface area contributed by atoms with Gasteiger partial charge in [0.05, 0.1) is 12.6 Å². The average molecular weight is 1100 g/mol. The number of amides is 8. The molecule has 432 valence electrons. The van der Waals surface area contributed by atoms with Crippen LogP contribution in [0.4, 0.5) is 0 Å². The van der Waals surface area contributed by atoms with E-state index in [0.29, 0.717) is 12.0 Å². The fourth-order valence-electron chi connectivity index (χ4n) is 7.95. The van der Waals surface area contributed by atoms with Gasteiger partial charge in [-0.1, -0.05) is 84.0 Å². The van der Waals surface area contributed by atoms with E-state index in [1.807, 2.05) is 32.0 Å². The van der Waals surface area contributed by atoms with E-state index in [1.165, 1.54) is 38.1 Å². The fourth-order valence-corrected chi connectivity index (χ4v) is 7.95. The number of phenolic OH excluding ortho intramolecular Hbond substituents is 1. The Morgan fingerprint density at radius 3 is 1.38 bits per heavy atom. The summed E-state index contributed by atoms with van der Waals surface area (Å²) in [5, 5.41) is 58.5. The van der Waals surface area contributed by atoms with E-state index in [2.05, 4.69) is 42.5 Å². The van der Waals surface area contributed by atoms with E-state index in [0.717, 1.165) is 5.56 Å². The van der Waals surface area contributed by atoms with Gasteiger partial charge < -0.3 is 74.4 Å². The van der Waals surface area contributed by atoms with Gasteiger partial charge in [-0.05, 0) is 98.9 Å². The quantitative estimate of drug-likeness (QED) is 0.0390. The Kier molecular flexibility index (Phi) is 29.1. The standard InChI is InChI=1S/C53H80N10O15/c1-29(2)24-39(61-46(70)35(55)26-32-12-8-7-9-13-32)51(75)62-40(25-30(3)4)50(74)59-37(19-21-43(66)67)48(72)58-36(14-10-11-23-54)47(71)56-28-42(65)57-41(27-33-15-17-34(64)18-16-33)52(76)60-38(20-22-44(68)69)49(73)63-45(31(5)6)53(77)78/h7-9,12-13,15-18,29-31,35-41,45,64H,10-11,14,19-28,54-55H2,1-6H3,(H,56,71)(H,57,65)(H,58,72)(H,59,74)(H,60,76)(H,61,70)(H,62,75)(H,63,73)(H,66,67)(H,68,69)(H,77,78)/t35-,36-,37-,38-,39-,40-,41-,45-/m0/s1. The number of benzene rings is 2. The number of phenols is 1. The first-order valence-corrected chi connectivity index (χ1v) is 26.0. The third kappa shape index (κ3) is 25.4. The molecule has 0 aromatic heterocycles. The Labute approximate surface area is 453 Å². The summed E-state index contributed by atoms with van der Waals surface area (Å²) in [5.41, 5.74) is 13.1. The van der Waals surface area contributed by atoms with Gasteiger partial charge in [0, 0.05) is 19.3 Å². The molecule has 8 amide bonds. The van der Waals surface area contributed by atoms with Crippen molar-refractivity contribution >= 4 is 65.2 Å². The Balaban J connectivity index is 2.35. The third-order valence-electron chi connectivity index (χ3n) is 12.1. The van der Waals surface area contributed by atoms with E-state index in [9.17, 15) is 73.2 Å². The van der Waals surface area contributed by atoms with Gasteiger partial charge in [-0.2, -0.15) is 0 Å². The highest BCUT2D eigenvalue weighted by Gasteiger charge is 2.35. The number of rotatable bonds is 36. The summed E-state index contributed by atoms with van der Waals surface area (Å²) in [6, 6.07) is 3.68. The molecule has 2 aromatic rings. The van der Waals surface area contributed by atoms with E-state index < -0.39 is 152 Å². The summed E-state index contributed by atoms with van der Waals surface area (Å²) in [4.78, 5) is 145. The van der Waals surface area contributed by atoms with Crippen LogP contribution in [0, 0.1) is 17.8 Å². The molecule has 0 fully saturated rings. The van der Waals surface area contributed by atoms with Crippen LogP contribution in [0.1, 0.15) is 110 Å². The Hall–Kier alpha value is -7.67. The fraction of sp³-hybridized carbons (Fsp3) is 0.566. The lowest BCUT2D eigenvalue weighted by molar-refractivity contribution is -0.144. The van der Waals surface area contributed by atoms with Crippen LogP contribution in [0.25, 0.3) is 0 Å². The monoisotopic (exact) mass is 1100 g/mol. The van der Waals surface area contributed by atoms with Gasteiger partial charge in [0.1, 0.15) is 48.0 Å². The summed E-state index contributed by atoms with van der Waals surface area (Å²) in [6.45, 7) is 9.68. The van der Waals surface area contributed by atoms with Crippen molar-refractivity contribution in [3.63, 3.8) is 0 Å². The van der Waals surface area contributed by atoms with Crippen LogP contribution in [0.3, 0.4) is 0 Å². The smallest absolute Gasteiger partial charge is 0.326 e. The molecule has 0 saturated carbocycles. The molecular formula is C53H80N10O15. The molecule has 0 radical (unpaired) electrons. The molecule has 0 saturated heterocycles. The Morgan fingerprint density at radius 2 is 0.923 bits per heavy atom. The molecule has 0 heterocycles. The van der Waals surface area contributed by atoms with Crippen molar-refractivity contribution in [2.75, 3.05) is 13.1 Å².